The lowest BCUT2D eigenvalue weighted by molar-refractivity contribution is -0.159. The highest BCUT2D eigenvalue weighted by Crippen LogP contribution is 2.31. The predicted octanol–water partition coefficient (Wildman–Crippen LogP) is 0.611. The Bertz CT molecular complexity index is 433. The maximum Gasteiger partial charge on any atom is 0.308 e. The average Bonchev–Trinajstić information content (AvgIpc) is 3.11. The number of piperidine rings is 1. The van der Waals surface area contributed by atoms with Crippen LogP contribution >= 0.6 is 0 Å². The second kappa shape index (κ2) is 5.42. The lowest BCUT2D eigenvalue weighted by Gasteiger charge is -2.43. The van der Waals surface area contributed by atoms with Crippen molar-refractivity contribution in [2.45, 2.75) is 58.2 Å². The van der Waals surface area contributed by atoms with E-state index in [0.29, 0.717) is 0 Å². The van der Waals surface area contributed by atoms with Crippen LogP contribution < -0.4 is 5.32 Å². The van der Waals surface area contributed by atoms with Gasteiger partial charge in [0.15, 0.2) is 0 Å². The number of amides is 2. The summed E-state index contributed by atoms with van der Waals surface area (Å²) >= 11 is 0. The Morgan fingerprint density at radius 3 is 2.45 bits per heavy atom. The minimum Gasteiger partial charge on any atom is -0.481 e. The van der Waals surface area contributed by atoms with Crippen molar-refractivity contribution < 1.29 is 19.5 Å². The van der Waals surface area contributed by atoms with Crippen molar-refractivity contribution in [2.75, 3.05) is 0 Å². The van der Waals surface area contributed by atoms with E-state index in [1.165, 1.54) is 4.90 Å². The van der Waals surface area contributed by atoms with Crippen molar-refractivity contribution in [3.8, 4) is 0 Å². The van der Waals surface area contributed by atoms with E-state index < -0.39 is 24.0 Å². The smallest absolute Gasteiger partial charge is 0.308 e. The fraction of sp³-hybridized carbons (Fsp3) is 0.786. The second-order valence-electron chi connectivity index (χ2n) is 6.05. The molecule has 112 valence electrons. The molecule has 0 aromatic rings. The summed E-state index contributed by atoms with van der Waals surface area (Å²) in [5.74, 6) is -2.06. The summed E-state index contributed by atoms with van der Waals surface area (Å²) in [6.07, 6.45) is 2.15. The summed E-state index contributed by atoms with van der Waals surface area (Å²) in [5, 5.41) is 12.2. The number of carbonyl (C=O) groups excluding carboxylic acids is 2. The van der Waals surface area contributed by atoms with Crippen LogP contribution in [0.5, 0.6) is 0 Å². The Morgan fingerprint density at radius 1 is 1.35 bits per heavy atom. The first kappa shape index (κ1) is 14.8. The fourth-order valence-electron chi connectivity index (χ4n) is 3.08. The van der Waals surface area contributed by atoms with Crippen LogP contribution in [0.3, 0.4) is 0 Å². The van der Waals surface area contributed by atoms with Crippen LogP contribution in [0, 0.1) is 11.8 Å². The highest BCUT2D eigenvalue weighted by molar-refractivity contribution is 5.89. The number of hydrogen-bond acceptors (Lipinski definition) is 3. The third-order valence-corrected chi connectivity index (χ3v) is 4.36. The third kappa shape index (κ3) is 2.78. The highest BCUT2D eigenvalue weighted by atomic mass is 16.4. The van der Waals surface area contributed by atoms with E-state index in [9.17, 15) is 19.5 Å². The Labute approximate surface area is 118 Å². The molecule has 4 atom stereocenters. The van der Waals surface area contributed by atoms with Crippen LogP contribution in [0.15, 0.2) is 0 Å². The van der Waals surface area contributed by atoms with Crippen LogP contribution in [0.25, 0.3) is 0 Å². The summed E-state index contributed by atoms with van der Waals surface area (Å²) in [6, 6.07) is -0.856. The SMILES string of the molecule is CC1CC(=O)N(C(C)C(=O)NC2CC2)C(C)C1C(=O)O. The van der Waals surface area contributed by atoms with Crippen molar-refractivity contribution in [1.29, 1.82) is 0 Å². The molecule has 20 heavy (non-hydrogen) atoms. The zero-order chi connectivity index (χ0) is 15.0. The van der Waals surface area contributed by atoms with Gasteiger partial charge < -0.3 is 15.3 Å². The number of hydrogen-bond donors (Lipinski definition) is 2. The van der Waals surface area contributed by atoms with Gasteiger partial charge in [-0.3, -0.25) is 14.4 Å². The van der Waals surface area contributed by atoms with Gasteiger partial charge in [0.1, 0.15) is 6.04 Å². The molecular weight excluding hydrogens is 260 g/mol. The van der Waals surface area contributed by atoms with Crippen LogP contribution in [0.4, 0.5) is 0 Å². The van der Waals surface area contributed by atoms with Crippen LogP contribution in [0.2, 0.25) is 0 Å². The number of nitrogens with one attached hydrogen (secondary N) is 1. The van der Waals surface area contributed by atoms with E-state index in [-0.39, 0.29) is 30.2 Å². The first-order chi connectivity index (χ1) is 9.32. The number of nitrogens with zero attached hydrogens (tertiary/aromatic N) is 1. The third-order valence-electron chi connectivity index (χ3n) is 4.36. The molecule has 0 spiro atoms. The summed E-state index contributed by atoms with van der Waals surface area (Å²) in [4.78, 5) is 37.1. The largest absolute Gasteiger partial charge is 0.481 e. The van der Waals surface area contributed by atoms with Gasteiger partial charge in [-0.2, -0.15) is 0 Å². The van der Waals surface area contributed by atoms with Gasteiger partial charge in [-0.25, -0.2) is 0 Å². The minimum absolute atomic E-state index is 0.138. The monoisotopic (exact) mass is 282 g/mol. The maximum absolute atomic E-state index is 12.2. The summed E-state index contributed by atoms with van der Waals surface area (Å²) < 4.78 is 0. The van der Waals surface area contributed by atoms with Crippen molar-refractivity contribution >= 4 is 17.8 Å². The van der Waals surface area contributed by atoms with Crippen LogP contribution in [0.1, 0.15) is 40.0 Å². The van der Waals surface area contributed by atoms with Crippen LogP contribution in [-0.4, -0.2) is 45.9 Å². The van der Waals surface area contributed by atoms with Crippen molar-refractivity contribution in [3.63, 3.8) is 0 Å². The van der Waals surface area contributed by atoms with Gasteiger partial charge in [-0.15, -0.1) is 0 Å². The van der Waals surface area contributed by atoms with E-state index in [1.54, 1.807) is 20.8 Å². The summed E-state index contributed by atoms with van der Waals surface area (Å²) in [5.41, 5.74) is 0. The normalized spacial score (nSPS) is 31.9. The van der Waals surface area contributed by atoms with E-state index in [4.69, 9.17) is 0 Å². The number of rotatable bonds is 4. The average molecular weight is 282 g/mol. The highest BCUT2D eigenvalue weighted by Gasteiger charge is 2.45. The molecule has 1 heterocycles. The molecule has 0 aromatic carbocycles. The number of carboxylic acids is 1. The first-order valence-electron chi connectivity index (χ1n) is 7.17. The van der Waals surface area contributed by atoms with E-state index in [2.05, 4.69) is 5.32 Å². The molecule has 1 saturated carbocycles. The molecule has 2 rings (SSSR count). The van der Waals surface area contributed by atoms with Crippen molar-refractivity contribution in [2.24, 2.45) is 11.8 Å². The molecule has 6 heteroatoms. The maximum atomic E-state index is 12.2. The molecule has 6 nitrogen and oxygen atoms in total. The zero-order valence-corrected chi connectivity index (χ0v) is 12.1. The molecule has 2 N–H and O–H groups in total. The van der Waals surface area contributed by atoms with Crippen LogP contribution in [-0.2, 0) is 14.4 Å². The van der Waals surface area contributed by atoms with E-state index in [1.807, 2.05) is 0 Å². The molecule has 0 radical (unpaired) electrons. The molecule has 1 saturated heterocycles. The molecule has 0 aromatic heterocycles. The van der Waals surface area contributed by atoms with Gasteiger partial charge in [0.05, 0.1) is 5.92 Å². The lowest BCUT2D eigenvalue weighted by atomic mass is 9.80. The summed E-state index contributed by atoms with van der Waals surface area (Å²) in [6.45, 7) is 5.16. The molecule has 2 amide bonds. The molecule has 1 aliphatic heterocycles. The number of aliphatic carboxylic acids is 1. The molecule has 1 aliphatic carbocycles. The number of carboxylic acid groups (broad SMARTS) is 1. The van der Waals surface area contributed by atoms with Gasteiger partial charge in [0.2, 0.25) is 11.8 Å². The van der Waals surface area contributed by atoms with Gasteiger partial charge in [-0.05, 0) is 32.6 Å². The molecule has 2 aliphatic rings. The Morgan fingerprint density at radius 2 is 1.95 bits per heavy atom. The summed E-state index contributed by atoms with van der Waals surface area (Å²) in [7, 11) is 0. The van der Waals surface area contributed by atoms with E-state index in [0.717, 1.165) is 12.8 Å². The van der Waals surface area contributed by atoms with Crippen molar-refractivity contribution in [1.82, 2.24) is 10.2 Å². The molecule has 0 bridgehead atoms. The molecule has 2 fully saturated rings. The standard InChI is InChI=1S/C14H22N2O4/c1-7-6-11(17)16(8(2)12(7)14(19)20)9(3)13(18)15-10-4-5-10/h7-10,12H,4-6H2,1-3H3,(H,15,18)(H,19,20). The Hall–Kier alpha value is -1.59. The molecular formula is C14H22N2O4. The van der Waals surface area contributed by atoms with E-state index >= 15 is 0 Å². The second-order valence-corrected chi connectivity index (χ2v) is 6.05. The van der Waals surface area contributed by atoms with Gasteiger partial charge in [0, 0.05) is 18.5 Å². The minimum atomic E-state index is -0.905. The zero-order valence-electron chi connectivity index (χ0n) is 12.1. The lowest BCUT2D eigenvalue weighted by Crippen LogP contribution is -2.59. The topological polar surface area (TPSA) is 86.7 Å². The predicted molar refractivity (Wildman–Crippen MR) is 71.8 cm³/mol. The Kier molecular flexibility index (Phi) is 4.01. The molecule has 4 unspecified atom stereocenters. The Balaban J connectivity index is 2.12. The van der Waals surface area contributed by atoms with Gasteiger partial charge in [0.25, 0.3) is 0 Å². The fourth-order valence-corrected chi connectivity index (χ4v) is 3.08. The quantitative estimate of drug-likeness (QED) is 0.791. The first-order valence-corrected chi connectivity index (χ1v) is 7.17. The number of likely N-dealkylation sites (tertiary alicyclic amines) is 1. The van der Waals surface area contributed by atoms with Crippen molar-refractivity contribution in [3.05, 3.63) is 0 Å². The van der Waals surface area contributed by atoms with Gasteiger partial charge in [-0.1, -0.05) is 6.92 Å². The van der Waals surface area contributed by atoms with Gasteiger partial charge >= 0.3 is 5.97 Å². The number of carbonyl (C=O) groups is 3.